The average molecular weight is 332 g/mol. The molecule has 0 saturated heterocycles. The number of nitrogens with two attached hydrogens (primary N) is 1. The van der Waals surface area contributed by atoms with Crippen molar-refractivity contribution in [2.24, 2.45) is 10.7 Å². The third-order valence-electron chi connectivity index (χ3n) is 3.53. The summed E-state index contributed by atoms with van der Waals surface area (Å²) in [5.41, 5.74) is 8.08. The van der Waals surface area contributed by atoms with Crippen molar-refractivity contribution >= 4 is 17.6 Å². The van der Waals surface area contributed by atoms with Gasteiger partial charge in [-0.2, -0.15) is 0 Å². The molecular weight excluding hydrogens is 310 g/mol. The Bertz CT molecular complexity index is 631. The minimum atomic E-state index is -0.210. The van der Waals surface area contributed by atoms with Crippen LogP contribution in [0.4, 0.5) is 0 Å². The number of halogens is 1. The van der Waals surface area contributed by atoms with E-state index in [2.05, 4.69) is 22.4 Å². The van der Waals surface area contributed by atoms with Crippen LogP contribution in [0.1, 0.15) is 17.2 Å². The van der Waals surface area contributed by atoms with Crippen LogP contribution in [0.15, 0.2) is 59.6 Å². The third-order valence-corrected chi connectivity index (χ3v) is 3.87. The van der Waals surface area contributed by atoms with Crippen LogP contribution in [0.25, 0.3) is 0 Å². The van der Waals surface area contributed by atoms with Gasteiger partial charge in [0.1, 0.15) is 6.10 Å². The molecule has 0 radical (unpaired) electrons. The normalized spacial score (nSPS) is 12.9. The lowest BCUT2D eigenvalue weighted by Gasteiger charge is -2.15. The molecule has 122 valence electrons. The number of hydrogen-bond acceptors (Lipinski definition) is 2. The van der Waals surface area contributed by atoms with E-state index in [4.69, 9.17) is 22.1 Å². The second-order valence-corrected chi connectivity index (χ2v) is 5.54. The molecule has 0 bridgehead atoms. The van der Waals surface area contributed by atoms with Gasteiger partial charge in [-0.25, -0.2) is 0 Å². The molecular formula is C18H22ClN3O. The van der Waals surface area contributed by atoms with Crippen molar-refractivity contribution in [2.45, 2.75) is 12.5 Å². The molecule has 0 aromatic heterocycles. The third kappa shape index (κ3) is 5.58. The number of methoxy groups -OCH3 is 1. The molecule has 2 aromatic rings. The lowest BCUT2D eigenvalue weighted by atomic mass is 10.1. The van der Waals surface area contributed by atoms with Crippen molar-refractivity contribution in [2.75, 3.05) is 20.2 Å². The van der Waals surface area contributed by atoms with Gasteiger partial charge in [0.05, 0.1) is 6.54 Å². The number of nitrogens with zero attached hydrogens (tertiary/aromatic N) is 1. The molecule has 0 aliphatic heterocycles. The zero-order chi connectivity index (χ0) is 16.5. The van der Waals surface area contributed by atoms with Crippen LogP contribution in [-0.2, 0) is 11.2 Å². The van der Waals surface area contributed by atoms with Gasteiger partial charge in [-0.3, -0.25) is 4.99 Å². The first kappa shape index (κ1) is 17.3. The number of nitrogens with one attached hydrogen (secondary N) is 1. The zero-order valence-corrected chi connectivity index (χ0v) is 14.0. The fourth-order valence-electron chi connectivity index (χ4n) is 2.25. The number of benzene rings is 2. The molecule has 0 aliphatic carbocycles. The number of rotatable bonds is 7. The Morgan fingerprint density at radius 2 is 1.87 bits per heavy atom. The highest BCUT2D eigenvalue weighted by Crippen LogP contribution is 2.25. The highest BCUT2D eigenvalue weighted by Gasteiger charge is 2.13. The SMILES string of the molecule is COC(CN=C(N)NCCc1ccccc1)c1ccccc1Cl. The smallest absolute Gasteiger partial charge is 0.188 e. The van der Waals surface area contributed by atoms with Crippen molar-refractivity contribution in [3.63, 3.8) is 0 Å². The second kappa shape index (κ2) is 9.18. The molecule has 4 nitrogen and oxygen atoms in total. The summed E-state index contributed by atoms with van der Waals surface area (Å²) in [5.74, 6) is 0.412. The summed E-state index contributed by atoms with van der Waals surface area (Å²) in [5, 5.41) is 3.79. The van der Waals surface area contributed by atoms with E-state index >= 15 is 0 Å². The fraction of sp³-hybridized carbons (Fsp3) is 0.278. The zero-order valence-electron chi connectivity index (χ0n) is 13.2. The van der Waals surface area contributed by atoms with Crippen LogP contribution in [-0.4, -0.2) is 26.2 Å². The van der Waals surface area contributed by atoms with Crippen molar-refractivity contribution in [3.05, 3.63) is 70.7 Å². The molecule has 0 spiro atoms. The number of hydrogen-bond donors (Lipinski definition) is 2. The summed E-state index contributed by atoms with van der Waals surface area (Å²) in [6.45, 7) is 1.16. The number of aliphatic imine (C=N–C) groups is 1. The lowest BCUT2D eigenvalue weighted by Crippen LogP contribution is -2.33. The molecule has 1 atom stereocenters. The Kier molecular flexibility index (Phi) is 6.91. The van der Waals surface area contributed by atoms with Gasteiger partial charge in [0.2, 0.25) is 0 Å². The summed E-state index contributed by atoms with van der Waals surface area (Å²) < 4.78 is 5.47. The van der Waals surface area contributed by atoms with Gasteiger partial charge in [0.15, 0.2) is 5.96 Å². The lowest BCUT2D eigenvalue weighted by molar-refractivity contribution is 0.111. The largest absolute Gasteiger partial charge is 0.375 e. The summed E-state index contributed by atoms with van der Waals surface area (Å²) in [7, 11) is 1.64. The van der Waals surface area contributed by atoms with E-state index in [1.807, 2.05) is 42.5 Å². The van der Waals surface area contributed by atoms with Gasteiger partial charge in [0, 0.05) is 24.2 Å². The van der Waals surface area contributed by atoms with Gasteiger partial charge in [-0.05, 0) is 18.1 Å². The van der Waals surface area contributed by atoms with Crippen LogP contribution < -0.4 is 11.1 Å². The van der Waals surface area contributed by atoms with E-state index in [-0.39, 0.29) is 6.10 Å². The van der Waals surface area contributed by atoms with E-state index in [1.54, 1.807) is 7.11 Å². The van der Waals surface area contributed by atoms with Crippen molar-refractivity contribution in [1.29, 1.82) is 0 Å². The Morgan fingerprint density at radius 1 is 1.17 bits per heavy atom. The molecule has 23 heavy (non-hydrogen) atoms. The van der Waals surface area contributed by atoms with Crippen molar-refractivity contribution < 1.29 is 4.74 Å². The highest BCUT2D eigenvalue weighted by molar-refractivity contribution is 6.31. The standard InChI is InChI=1S/C18H22ClN3O/c1-23-17(15-9-5-6-10-16(15)19)13-22-18(20)21-12-11-14-7-3-2-4-8-14/h2-10,17H,11-13H2,1H3,(H3,20,21,22). The van der Waals surface area contributed by atoms with Gasteiger partial charge in [0.25, 0.3) is 0 Å². The Balaban J connectivity index is 1.84. The predicted octanol–water partition coefficient (Wildman–Crippen LogP) is 3.17. The first-order valence-electron chi connectivity index (χ1n) is 7.55. The topological polar surface area (TPSA) is 59.6 Å². The van der Waals surface area contributed by atoms with E-state index in [1.165, 1.54) is 5.56 Å². The van der Waals surface area contributed by atoms with Crippen LogP contribution in [0.2, 0.25) is 5.02 Å². The van der Waals surface area contributed by atoms with Gasteiger partial charge >= 0.3 is 0 Å². The Labute approximate surface area is 142 Å². The maximum Gasteiger partial charge on any atom is 0.188 e. The summed E-state index contributed by atoms with van der Waals surface area (Å²) >= 11 is 6.19. The minimum Gasteiger partial charge on any atom is -0.375 e. The molecule has 3 N–H and O–H groups in total. The van der Waals surface area contributed by atoms with E-state index < -0.39 is 0 Å². The molecule has 2 aromatic carbocycles. The van der Waals surface area contributed by atoms with Gasteiger partial charge in [-0.1, -0.05) is 60.1 Å². The van der Waals surface area contributed by atoms with E-state index in [9.17, 15) is 0 Å². The Hall–Kier alpha value is -2.04. The fourth-order valence-corrected chi connectivity index (χ4v) is 2.51. The molecule has 0 heterocycles. The van der Waals surface area contributed by atoms with Gasteiger partial charge < -0.3 is 15.8 Å². The monoisotopic (exact) mass is 331 g/mol. The number of guanidine groups is 1. The molecule has 2 rings (SSSR count). The first-order valence-corrected chi connectivity index (χ1v) is 7.93. The molecule has 1 unspecified atom stereocenters. The molecule has 0 saturated carbocycles. The van der Waals surface area contributed by atoms with E-state index in [0.29, 0.717) is 17.5 Å². The quantitative estimate of drug-likeness (QED) is 0.605. The molecule has 5 heteroatoms. The minimum absolute atomic E-state index is 0.210. The van der Waals surface area contributed by atoms with Crippen LogP contribution >= 0.6 is 11.6 Å². The number of ether oxygens (including phenoxy) is 1. The maximum atomic E-state index is 6.19. The summed E-state index contributed by atoms with van der Waals surface area (Å²) in [6.07, 6.45) is 0.688. The van der Waals surface area contributed by atoms with Crippen molar-refractivity contribution in [3.8, 4) is 0 Å². The molecule has 0 amide bonds. The molecule has 0 fully saturated rings. The maximum absolute atomic E-state index is 6.19. The van der Waals surface area contributed by atoms with Crippen LogP contribution in [0.5, 0.6) is 0 Å². The summed E-state index contributed by atoms with van der Waals surface area (Å²) in [4.78, 5) is 4.34. The van der Waals surface area contributed by atoms with Crippen LogP contribution in [0, 0.1) is 0 Å². The second-order valence-electron chi connectivity index (χ2n) is 5.13. The van der Waals surface area contributed by atoms with Gasteiger partial charge in [-0.15, -0.1) is 0 Å². The summed E-state index contributed by atoms with van der Waals surface area (Å²) in [6, 6.07) is 17.8. The van der Waals surface area contributed by atoms with E-state index in [0.717, 1.165) is 18.5 Å². The predicted molar refractivity (Wildman–Crippen MR) is 95.8 cm³/mol. The first-order chi connectivity index (χ1) is 11.2. The van der Waals surface area contributed by atoms with Crippen molar-refractivity contribution in [1.82, 2.24) is 5.32 Å². The molecule has 0 aliphatic rings. The Morgan fingerprint density at radius 3 is 2.57 bits per heavy atom. The average Bonchev–Trinajstić information content (AvgIpc) is 2.58. The van der Waals surface area contributed by atoms with Crippen LogP contribution in [0.3, 0.4) is 0 Å². The highest BCUT2D eigenvalue weighted by atomic mass is 35.5.